The largest absolute Gasteiger partial charge is 0.480 e. The number of rotatable bonds is 4. The highest BCUT2D eigenvalue weighted by atomic mass is 16.4. The van der Waals surface area contributed by atoms with Crippen LogP contribution in [0.1, 0.15) is 37.7 Å². The van der Waals surface area contributed by atoms with Gasteiger partial charge >= 0.3 is 12.0 Å². The lowest BCUT2D eigenvalue weighted by molar-refractivity contribution is -0.141. The number of nitrogens with one attached hydrogen (secondary N) is 2. The van der Waals surface area contributed by atoms with Crippen molar-refractivity contribution in [3.63, 3.8) is 0 Å². The minimum atomic E-state index is -0.972. The zero-order valence-electron chi connectivity index (χ0n) is 12.1. The molecule has 1 aromatic heterocycles. The summed E-state index contributed by atoms with van der Waals surface area (Å²) in [5, 5.41) is 14.6. The molecule has 21 heavy (non-hydrogen) atoms. The molecule has 1 fully saturated rings. The van der Waals surface area contributed by atoms with Crippen molar-refractivity contribution in [2.45, 2.75) is 45.1 Å². The van der Waals surface area contributed by atoms with Crippen molar-refractivity contribution in [1.29, 1.82) is 0 Å². The van der Waals surface area contributed by atoms with Crippen molar-refractivity contribution in [3.8, 4) is 0 Å². The zero-order chi connectivity index (χ0) is 15.2. The van der Waals surface area contributed by atoms with Gasteiger partial charge in [-0.2, -0.15) is 0 Å². The van der Waals surface area contributed by atoms with Gasteiger partial charge in [0.2, 0.25) is 0 Å². The molecule has 3 N–H and O–H groups in total. The van der Waals surface area contributed by atoms with Crippen LogP contribution >= 0.6 is 0 Å². The number of nitrogens with zero attached hydrogens (tertiary/aromatic N) is 1. The molecule has 1 unspecified atom stereocenters. The average Bonchev–Trinajstić information content (AvgIpc) is 2.48. The summed E-state index contributed by atoms with van der Waals surface area (Å²) < 4.78 is 0. The van der Waals surface area contributed by atoms with Gasteiger partial charge in [0.15, 0.2) is 0 Å². The summed E-state index contributed by atoms with van der Waals surface area (Å²) in [5.74, 6) is -0.961. The summed E-state index contributed by atoms with van der Waals surface area (Å²) in [7, 11) is 0. The van der Waals surface area contributed by atoms with E-state index >= 15 is 0 Å². The summed E-state index contributed by atoms with van der Waals surface area (Å²) in [4.78, 5) is 27.4. The van der Waals surface area contributed by atoms with Crippen LogP contribution in [0.5, 0.6) is 0 Å². The Labute approximate surface area is 124 Å². The Balaban J connectivity index is 1.98. The molecule has 0 spiro atoms. The van der Waals surface area contributed by atoms with Crippen LogP contribution < -0.4 is 10.6 Å². The number of carboxylic acids is 1. The maximum absolute atomic E-state index is 12.0. The van der Waals surface area contributed by atoms with E-state index < -0.39 is 18.0 Å². The fourth-order valence-corrected chi connectivity index (χ4v) is 2.74. The Kier molecular flexibility index (Phi) is 5.14. The minimum absolute atomic E-state index is 0.0111. The van der Waals surface area contributed by atoms with Crippen LogP contribution in [-0.4, -0.2) is 28.1 Å². The van der Waals surface area contributed by atoms with Gasteiger partial charge in [0.1, 0.15) is 6.04 Å². The number of carbonyl (C=O) groups is 2. The van der Waals surface area contributed by atoms with Crippen LogP contribution in [0.3, 0.4) is 0 Å². The summed E-state index contributed by atoms with van der Waals surface area (Å²) in [5.41, 5.74) is 1.47. The number of anilines is 1. The molecule has 6 heteroatoms. The highest BCUT2D eigenvalue weighted by Gasteiger charge is 2.30. The number of hydrogen-bond donors (Lipinski definition) is 3. The molecule has 0 saturated heterocycles. The lowest BCUT2D eigenvalue weighted by Crippen LogP contribution is -2.48. The van der Waals surface area contributed by atoms with E-state index in [0.29, 0.717) is 5.69 Å². The van der Waals surface area contributed by atoms with Gasteiger partial charge in [0.25, 0.3) is 0 Å². The summed E-state index contributed by atoms with van der Waals surface area (Å²) >= 11 is 0. The normalized spacial score (nSPS) is 17.0. The molecule has 1 aromatic rings. The molecule has 0 bridgehead atoms. The van der Waals surface area contributed by atoms with Crippen molar-refractivity contribution in [1.82, 2.24) is 10.3 Å². The Morgan fingerprint density at radius 2 is 2.05 bits per heavy atom. The molecule has 6 nitrogen and oxygen atoms in total. The van der Waals surface area contributed by atoms with Gasteiger partial charge in [-0.3, -0.25) is 4.98 Å². The number of aromatic nitrogens is 1. The highest BCUT2D eigenvalue weighted by molar-refractivity contribution is 5.92. The SMILES string of the molecule is Cc1ccncc1NC(=O)NC(C(=O)O)C1CCCCC1. The Hall–Kier alpha value is -2.11. The van der Waals surface area contributed by atoms with Crippen molar-refractivity contribution >= 4 is 17.7 Å². The molecule has 1 saturated carbocycles. The number of amides is 2. The van der Waals surface area contributed by atoms with Gasteiger partial charge in [0.05, 0.1) is 11.9 Å². The van der Waals surface area contributed by atoms with E-state index in [1.165, 1.54) is 0 Å². The number of carbonyl (C=O) groups excluding carboxylic acids is 1. The number of urea groups is 1. The van der Waals surface area contributed by atoms with Crippen molar-refractivity contribution in [2.24, 2.45) is 5.92 Å². The number of aryl methyl sites for hydroxylation is 1. The first-order chi connectivity index (χ1) is 10.1. The third-order valence-electron chi connectivity index (χ3n) is 3.96. The van der Waals surface area contributed by atoms with E-state index in [0.717, 1.165) is 37.7 Å². The fourth-order valence-electron chi connectivity index (χ4n) is 2.74. The van der Waals surface area contributed by atoms with E-state index in [4.69, 9.17) is 0 Å². The van der Waals surface area contributed by atoms with Crippen LogP contribution in [0.2, 0.25) is 0 Å². The van der Waals surface area contributed by atoms with Gasteiger partial charge in [-0.1, -0.05) is 19.3 Å². The second-order valence-electron chi connectivity index (χ2n) is 5.50. The van der Waals surface area contributed by atoms with E-state index in [1.54, 1.807) is 18.5 Å². The smallest absolute Gasteiger partial charge is 0.326 e. The van der Waals surface area contributed by atoms with Crippen LogP contribution in [0.15, 0.2) is 18.5 Å². The van der Waals surface area contributed by atoms with Crippen LogP contribution in [0, 0.1) is 12.8 Å². The van der Waals surface area contributed by atoms with Crippen LogP contribution in [0.4, 0.5) is 10.5 Å². The maximum atomic E-state index is 12.0. The fraction of sp³-hybridized carbons (Fsp3) is 0.533. The maximum Gasteiger partial charge on any atom is 0.326 e. The Morgan fingerprint density at radius 3 is 2.67 bits per heavy atom. The highest BCUT2D eigenvalue weighted by Crippen LogP contribution is 2.26. The third-order valence-corrected chi connectivity index (χ3v) is 3.96. The van der Waals surface area contributed by atoms with Crippen LogP contribution in [-0.2, 0) is 4.79 Å². The monoisotopic (exact) mass is 291 g/mol. The van der Waals surface area contributed by atoms with Gasteiger partial charge in [0, 0.05) is 6.20 Å². The number of aliphatic carboxylic acids is 1. The quantitative estimate of drug-likeness (QED) is 0.795. The zero-order valence-corrected chi connectivity index (χ0v) is 12.1. The summed E-state index contributed by atoms with van der Waals surface area (Å²) in [6.45, 7) is 1.85. The molecule has 1 aliphatic rings. The number of pyridine rings is 1. The lowest BCUT2D eigenvalue weighted by Gasteiger charge is -2.28. The number of carboxylic acid groups (broad SMARTS) is 1. The average molecular weight is 291 g/mol. The molecular weight excluding hydrogens is 270 g/mol. The molecule has 2 amide bonds. The van der Waals surface area contributed by atoms with E-state index in [1.807, 2.05) is 6.92 Å². The minimum Gasteiger partial charge on any atom is -0.480 e. The summed E-state index contributed by atoms with van der Waals surface area (Å²) in [6, 6.07) is 0.456. The van der Waals surface area contributed by atoms with Gasteiger partial charge in [-0.25, -0.2) is 9.59 Å². The molecule has 0 radical (unpaired) electrons. The summed E-state index contributed by atoms with van der Waals surface area (Å²) in [6.07, 6.45) is 8.08. The van der Waals surface area contributed by atoms with Gasteiger partial charge in [-0.15, -0.1) is 0 Å². The van der Waals surface area contributed by atoms with E-state index in [2.05, 4.69) is 15.6 Å². The second-order valence-corrected chi connectivity index (χ2v) is 5.50. The van der Waals surface area contributed by atoms with Gasteiger partial charge in [-0.05, 0) is 37.3 Å². The Morgan fingerprint density at radius 1 is 1.33 bits per heavy atom. The first-order valence-corrected chi connectivity index (χ1v) is 7.29. The second kappa shape index (κ2) is 7.06. The predicted octanol–water partition coefficient (Wildman–Crippen LogP) is 2.55. The molecule has 0 aromatic carbocycles. The standard InChI is InChI=1S/C15H21N3O3/c1-10-7-8-16-9-12(10)17-15(21)18-13(14(19)20)11-5-3-2-4-6-11/h7-9,11,13H,2-6H2,1H3,(H,19,20)(H2,17,18,21). The lowest BCUT2D eigenvalue weighted by atomic mass is 9.84. The molecule has 1 atom stereocenters. The topological polar surface area (TPSA) is 91.3 Å². The first kappa shape index (κ1) is 15.3. The van der Waals surface area contributed by atoms with Crippen molar-refractivity contribution in [3.05, 3.63) is 24.0 Å². The van der Waals surface area contributed by atoms with E-state index in [-0.39, 0.29) is 5.92 Å². The molecule has 114 valence electrons. The van der Waals surface area contributed by atoms with Crippen LogP contribution in [0.25, 0.3) is 0 Å². The van der Waals surface area contributed by atoms with Crippen molar-refractivity contribution in [2.75, 3.05) is 5.32 Å². The predicted molar refractivity (Wildman–Crippen MR) is 79.1 cm³/mol. The van der Waals surface area contributed by atoms with E-state index in [9.17, 15) is 14.7 Å². The molecule has 2 rings (SSSR count). The van der Waals surface area contributed by atoms with Crippen molar-refractivity contribution < 1.29 is 14.7 Å². The molecule has 0 aliphatic heterocycles. The Bertz CT molecular complexity index is 513. The number of hydrogen-bond acceptors (Lipinski definition) is 3. The molecular formula is C15H21N3O3. The molecule has 1 aliphatic carbocycles. The molecule has 1 heterocycles. The third kappa shape index (κ3) is 4.18. The first-order valence-electron chi connectivity index (χ1n) is 7.29. The van der Waals surface area contributed by atoms with Gasteiger partial charge < -0.3 is 15.7 Å².